The standard InChI is InChI=1S/C11H20/c1-9(2)11(4)8-6-5-7-10(11)3/h9H,3,5-8H2,1-2,4H3. The van der Waals surface area contributed by atoms with Crippen molar-refractivity contribution < 1.29 is 0 Å². The lowest BCUT2D eigenvalue weighted by atomic mass is 9.66. The van der Waals surface area contributed by atoms with Crippen LogP contribution in [0.1, 0.15) is 46.5 Å². The summed E-state index contributed by atoms with van der Waals surface area (Å²) < 4.78 is 0. The predicted octanol–water partition coefficient (Wildman–Crippen LogP) is 3.78. The van der Waals surface area contributed by atoms with Gasteiger partial charge in [0.25, 0.3) is 0 Å². The monoisotopic (exact) mass is 152 g/mol. The molecule has 0 bridgehead atoms. The molecule has 1 fully saturated rings. The van der Waals surface area contributed by atoms with Gasteiger partial charge in [-0.25, -0.2) is 0 Å². The van der Waals surface area contributed by atoms with Crippen LogP contribution in [-0.2, 0) is 0 Å². The molecule has 1 rings (SSSR count). The van der Waals surface area contributed by atoms with Gasteiger partial charge in [-0.1, -0.05) is 39.3 Å². The Kier molecular flexibility index (Phi) is 2.41. The van der Waals surface area contributed by atoms with Gasteiger partial charge in [-0.2, -0.15) is 0 Å². The third-order valence-electron chi connectivity index (χ3n) is 3.51. The molecule has 0 saturated heterocycles. The summed E-state index contributed by atoms with van der Waals surface area (Å²) >= 11 is 0. The third-order valence-corrected chi connectivity index (χ3v) is 3.51. The van der Waals surface area contributed by atoms with E-state index in [1.165, 1.54) is 31.3 Å². The lowest BCUT2D eigenvalue weighted by Crippen LogP contribution is -2.28. The van der Waals surface area contributed by atoms with E-state index in [4.69, 9.17) is 0 Å². The maximum atomic E-state index is 4.19. The van der Waals surface area contributed by atoms with Crippen LogP contribution in [0.3, 0.4) is 0 Å². The molecule has 1 saturated carbocycles. The van der Waals surface area contributed by atoms with Crippen LogP contribution in [-0.4, -0.2) is 0 Å². The zero-order valence-electron chi connectivity index (χ0n) is 8.11. The zero-order chi connectivity index (χ0) is 8.48. The fraction of sp³-hybridized carbons (Fsp3) is 0.818. The summed E-state index contributed by atoms with van der Waals surface area (Å²) in [6, 6.07) is 0. The zero-order valence-corrected chi connectivity index (χ0v) is 8.11. The largest absolute Gasteiger partial charge is 0.0993 e. The van der Waals surface area contributed by atoms with Crippen molar-refractivity contribution in [1.29, 1.82) is 0 Å². The van der Waals surface area contributed by atoms with E-state index in [2.05, 4.69) is 27.4 Å². The van der Waals surface area contributed by atoms with Gasteiger partial charge in [-0.3, -0.25) is 0 Å². The van der Waals surface area contributed by atoms with Gasteiger partial charge in [0.05, 0.1) is 0 Å². The summed E-state index contributed by atoms with van der Waals surface area (Å²) in [6.45, 7) is 11.2. The molecule has 0 aromatic carbocycles. The first-order chi connectivity index (χ1) is 5.07. The lowest BCUT2D eigenvalue weighted by molar-refractivity contribution is 0.216. The molecule has 11 heavy (non-hydrogen) atoms. The van der Waals surface area contributed by atoms with E-state index >= 15 is 0 Å². The highest BCUT2D eigenvalue weighted by Crippen LogP contribution is 2.44. The molecule has 0 aromatic heterocycles. The predicted molar refractivity (Wildman–Crippen MR) is 50.6 cm³/mol. The number of allylic oxidation sites excluding steroid dienone is 1. The molecule has 0 nitrogen and oxygen atoms in total. The molecule has 0 radical (unpaired) electrons. The second-order valence-corrected chi connectivity index (χ2v) is 4.38. The molecule has 1 aliphatic carbocycles. The molecule has 0 aliphatic heterocycles. The average molecular weight is 152 g/mol. The van der Waals surface area contributed by atoms with E-state index in [1.807, 2.05) is 0 Å². The normalized spacial score (nSPS) is 32.9. The molecule has 0 amide bonds. The molecular formula is C11H20. The van der Waals surface area contributed by atoms with Crippen LogP contribution in [0.4, 0.5) is 0 Å². The van der Waals surface area contributed by atoms with Gasteiger partial charge in [0.1, 0.15) is 0 Å². The van der Waals surface area contributed by atoms with Crippen LogP contribution in [0, 0.1) is 11.3 Å². The first-order valence-electron chi connectivity index (χ1n) is 4.75. The Labute approximate surface area is 70.7 Å². The Balaban J connectivity index is 2.73. The highest BCUT2D eigenvalue weighted by molar-refractivity contribution is 5.12. The molecule has 0 N–H and O–H groups in total. The van der Waals surface area contributed by atoms with Crippen LogP contribution in [0.15, 0.2) is 12.2 Å². The average Bonchev–Trinajstić information content (AvgIpc) is 1.95. The van der Waals surface area contributed by atoms with E-state index in [9.17, 15) is 0 Å². The minimum absolute atomic E-state index is 0.443. The molecule has 0 spiro atoms. The van der Waals surface area contributed by atoms with Gasteiger partial charge < -0.3 is 0 Å². The summed E-state index contributed by atoms with van der Waals surface area (Å²) in [5.74, 6) is 0.760. The number of rotatable bonds is 1. The second kappa shape index (κ2) is 3.00. The smallest absolute Gasteiger partial charge is 0.00961 e. The summed E-state index contributed by atoms with van der Waals surface area (Å²) in [5, 5.41) is 0. The molecule has 1 atom stereocenters. The quantitative estimate of drug-likeness (QED) is 0.502. The fourth-order valence-corrected chi connectivity index (χ4v) is 1.99. The van der Waals surface area contributed by atoms with Gasteiger partial charge in [-0.05, 0) is 30.6 Å². The van der Waals surface area contributed by atoms with Crippen LogP contribution in [0.5, 0.6) is 0 Å². The number of hydrogen-bond acceptors (Lipinski definition) is 0. The second-order valence-electron chi connectivity index (χ2n) is 4.38. The maximum Gasteiger partial charge on any atom is -0.00961 e. The Morgan fingerprint density at radius 3 is 2.36 bits per heavy atom. The van der Waals surface area contributed by atoms with Crippen LogP contribution in [0.2, 0.25) is 0 Å². The summed E-state index contributed by atoms with van der Waals surface area (Å²) in [7, 11) is 0. The van der Waals surface area contributed by atoms with Crippen molar-refractivity contribution in [3.63, 3.8) is 0 Å². The van der Waals surface area contributed by atoms with Crippen molar-refractivity contribution in [3.05, 3.63) is 12.2 Å². The fourth-order valence-electron chi connectivity index (χ4n) is 1.99. The minimum Gasteiger partial charge on any atom is -0.0993 e. The molecule has 64 valence electrons. The molecular weight excluding hydrogens is 132 g/mol. The van der Waals surface area contributed by atoms with E-state index in [0.717, 1.165) is 5.92 Å². The van der Waals surface area contributed by atoms with Gasteiger partial charge in [0, 0.05) is 0 Å². The summed E-state index contributed by atoms with van der Waals surface area (Å²) in [6.07, 6.45) is 5.37. The topological polar surface area (TPSA) is 0 Å². The Morgan fingerprint density at radius 1 is 1.36 bits per heavy atom. The summed E-state index contributed by atoms with van der Waals surface area (Å²) in [4.78, 5) is 0. The molecule has 0 heteroatoms. The first kappa shape index (κ1) is 8.83. The highest BCUT2D eigenvalue weighted by Gasteiger charge is 2.32. The van der Waals surface area contributed by atoms with E-state index < -0.39 is 0 Å². The Morgan fingerprint density at radius 2 is 2.00 bits per heavy atom. The SMILES string of the molecule is C=C1CCCCC1(C)C(C)C. The van der Waals surface area contributed by atoms with E-state index in [-0.39, 0.29) is 0 Å². The van der Waals surface area contributed by atoms with Crippen LogP contribution in [0.25, 0.3) is 0 Å². The van der Waals surface area contributed by atoms with E-state index in [1.54, 1.807) is 0 Å². The third kappa shape index (κ3) is 1.50. The van der Waals surface area contributed by atoms with Gasteiger partial charge in [0.2, 0.25) is 0 Å². The van der Waals surface area contributed by atoms with Crippen molar-refractivity contribution in [2.24, 2.45) is 11.3 Å². The number of hydrogen-bond donors (Lipinski definition) is 0. The minimum atomic E-state index is 0.443. The van der Waals surface area contributed by atoms with Crippen molar-refractivity contribution in [3.8, 4) is 0 Å². The van der Waals surface area contributed by atoms with Gasteiger partial charge in [0.15, 0.2) is 0 Å². The maximum absolute atomic E-state index is 4.19. The lowest BCUT2D eigenvalue weighted by Gasteiger charge is -2.39. The highest BCUT2D eigenvalue weighted by atomic mass is 14.4. The van der Waals surface area contributed by atoms with Gasteiger partial charge in [-0.15, -0.1) is 0 Å². The Hall–Kier alpha value is -0.260. The van der Waals surface area contributed by atoms with Crippen LogP contribution >= 0.6 is 0 Å². The Bertz CT molecular complexity index is 155. The molecule has 1 unspecified atom stereocenters. The molecule has 0 heterocycles. The van der Waals surface area contributed by atoms with Gasteiger partial charge >= 0.3 is 0 Å². The van der Waals surface area contributed by atoms with Crippen molar-refractivity contribution >= 4 is 0 Å². The molecule has 0 aromatic rings. The van der Waals surface area contributed by atoms with Crippen LogP contribution < -0.4 is 0 Å². The van der Waals surface area contributed by atoms with E-state index in [0.29, 0.717) is 5.41 Å². The van der Waals surface area contributed by atoms with Crippen molar-refractivity contribution in [1.82, 2.24) is 0 Å². The molecule has 1 aliphatic rings. The van der Waals surface area contributed by atoms with Crippen molar-refractivity contribution in [2.75, 3.05) is 0 Å². The first-order valence-corrected chi connectivity index (χ1v) is 4.75. The van der Waals surface area contributed by atoms with Crippen molar-refractivity contribution in [2.45, 2.75) is 46.5 Å². The summed E-state index contributed by atoms with van der Waals surface area (Å²) in [5.41, 5.74) is 1.93.